The Morgan fingerprint density at radius 1 is 1.50 bits per heavy atom. The van der Waals surface area contributed by atoms with Gasteiger partial charge in [-0.05, 0) is 19.9 Å². The van der Waals surface area contributed by atoms with E-state index >= 15 is 0 Å². The number of anilines is 1. The number of nitrogens with zero attached hydrogens (tertiary/aromatic N) is 3. The van der Waals surface area contributed by atoms with E-state index < -0.39 is 0 Å². The van der Waals surface area contributed by atoms with E-state index in [0.717, 1.165) is 5.52 Å². The molecule has 7 nitrogen and oxygen atoms in total. The number of amides is 1. The van der Waals surface area contributed by atoms with Gasteiger partial charge in [0.2, 0.25) is 11.8 Å². The zero-order valence-corrected chi connectivity index (χ0v) is 13.3. The van der Waals surface area contributed by atoms with E-state index in [1.54, 1.807) is 26.0 Å². The SMILES string of the molecule is Cc1cc(NC(=O)[C@H](C)Sc2nc3ncc(Cl)cc3[nH]2)on1. The predicted molar refractivity (Wildman–Crippen MR) is 84.1 cm³/mol. The number of imidazole rings is 1. The highest BCUT2D eigenvalue weighted by Crippen LogP contribution is 2.24. The van der Waals surface area contributed by atoms with Gasteiger partial charge in [-0.25, -0.2) is 9.97 Å². The second-order valence-electron chi connectivity index (χ2n) is 4.65. The average molecular weight is 338 g/mol. The van der Waals surface area contributed by atoms with Crippen LogP contribution in [0.1, 0.15) is 12.6 Å². The van der Waals surface area contributed by atoms with Crippen LogP contribution in [0.25, 0.3) is 11.2 Å². The Balaban J connectivity index is 1.69. The Morgan fingerprint density at radius 2 is 2.32 bits per heavy atom. The number of aromatic amines is 1. The van der Waals surface area contributed by atoms with Gasteiger partial charge in [-0.15, -0.1) is 0 Å². The van der Waals surface area contributed by atoms with Crippen molar-refractivity contribution in [2.24, 2.45) is 0 Å². The Labute approximate surface area is 134 Å². The Bertz CT molecular complexity index is 831. The van der Waals surface area contributed by atoms with Gasteiger partial charge >= 0.3 is 0 Å². The molecule has 0 spiro atoms. The molecule has 22 heavy (non-hydrogen) atoms. The van der Waals surface area contributed by atoms with E-state index in [1.165, 1.54) is 18.0 Å². The zero-order chi connectivity index (χ0) is 15.7. The van der Waals surface area contributed by atoms with Crippen LogP contribution in [-0.4, -0.2) is 31.3 Å². The van der Waals surface area contributed by atoms with Gasteiger partial charge in [-0.1, -0.05) is 28.5 Å². The lowest BCUT2D eigenvalue weighted by atomic mass is 10.4. The van der Waals surface area contributed by atoms with Crippen LogP contribution < -0.4 is 5.32 Å². The summed E-state index contributed by atoms with van der Waals surface area (Å²) < 4.78 is 4.96. The molecule has 2 N–H and O–H groups in total. The second kappa shape index (κ2) is 5.98. The first kappa shape index (κ1) is 14.9. The van der Waals surface area contributed by atoms with E-state index in [2.05, 4.69) is 25.4 Å². The summed E-state index contributed by atoms with van der Waals surface area (Å²) in [5.41, 5.74) is 2.00. The quantitative estimate of drug-likeness (QED) is 0.710. The molecular formula is C13H12ClN5O2S. The van der Waals surface area contributed by atoms with Gasteiger partial charge in [0.05, 0.1) is 21.5 Å². The summed E-state index contributed by atoms with van der Waals surface area (Å²) in [6.45, 7) is 3.56. The summed E-state index contributed by atoms with van der Waals surface area (Å²) in [5.74, 6) is 0.126. The molecule has 0 saturated heterocycles. The van der Waals surface area contributed by atoms with Gasteiger partial charge < -0.3 is 9.51 Å². The third-order valence-corrected chi connectivity index (χ3v) is 4.01. The number of hydrogen-bond acceptors (Lipinski definition) is 6. The molecule has 0 saturated carbocycles. The molecule has 0 aliphatic heterocycles. The highest BCUT2D eigenvalue weighted by Gasteiger charge is 2.18. The fraction of sp³-hybridized carbons (Fsp3) is 0.231. The largest absolute Gasteiger partial charge is 0.338 e. The molecule has 0 fully saturated rings. The van der Waals surface area contributed by atoms with Crippen molar-refractivity contribution in [1.82, 2.24) is 20.1 Å². The van der Waals surface area contributed by atoms with Crippen LogP contribution in [0, 0.1) is 6.92 Å². The third-order valence-electron chi connectivity index (χ3n) is 2.81. The molecule has 1 amide bonds. The van der Waals surface area contributed by atoms with Gasteiger partial charge in [0.1, 0.15) is 0 Å². The summed E-state index contributed by atoms with van der Waals surface area (Å²) in [7, 11) is 0. The van der Waals surface area contributed by atoms with Gasteiger partial charge in [0.15, 0.2) is 10.8 Å². The van der Waals surface area contributed by atoms with E-state index in [1.807, 2.05) is 0 Å². The number of thioether (sulfide) groups is 1. The molecule has 0 unspecified atom stereocenters. The van der Waals surface area contributed by atoms with Crippen LogP contribution in [0.2, 0.25) is 5.02 Å². The van der Waals surface area contributed by atoms with Crippen LogP contribution in [0.5, 0.6) is 0 Å². The Kier molecular flexibility index (Phi) is 4.04. The van der Waals surface area contributed by atoms with Crippen LogP contribution in [0.4, 0.5) is 5.88 Å². The summed E-state index contributed by atoms with van der Waals surface area (Å²) in [5, 5.41) is 7.12. The first-order valence-corrected chi connectivity index (χ1v) is 7.69. The number of fused-ring (bicyclic) bond motifs is 1. The zero-order valence-electron chi connectivity index (χ0n) is 11.8. The number of aryl methyl sites for hydroxylation is 1. The van der Waals surface area contributed by atoms with Crippen molar-refractivity contribution in [3.8, 4) is 0 Å². The number of hydrogen-bond donors (Lipinski definition) is 2. The first-order valence-electron chi connectivity index (χ1n) is 6.43. The molecule has 0 bridgehead atoms. The van der Waals surface area contributed by atoms with Crippen LogP contribution in [-0.2, 0) is 4.79 Å². The van der Waals surface area contributed by atoms with Crippen molar-refractivity contribution in [3.05, 3.63) is 29.0 Å². The minimum atomic E-state index is -0.374. The smallest absolute Gasteiger partial charge is 0.240 e. The van der Waals surface area contributed by atoms with E-state index in [9.17, 15) is 4.79 Å². The average Bonchev–Trinajstić information content (AvgIpc) is 3.04. The van der Waals surface area contributed by atoms with Crippen molar-refractivity contribution in [2.45, 2.75) is 24.3 Å². The molecule has 3 aromatic rings. The molecule has 3 rings (SSSR count). The monoisotopic (exact) mass is 337 g/mol. The molecule has 0 aliphatic carbocycles. The number of halogens is 1. The fourth-order valence-electron chi connectivity index (χ4n) is 1.77. The molecule has 3 heterocycles. The van der Waals surface area contributed by atoms with Crippen LogP contribution in [0.15, 0.2) is 28.0 Å². The predicted octanol–water partition coefficient (Wildman–Crippen LogP) is 3.03. The standard InChI is InChI=1S/C13H12ClN5O2S/c1-6-3-10(21-19-6)17-12(20)7(2)22-13-16-9-4-8(14)5-15-11(9)18-13/h3-5,7H,1-2H3,(H,17,20)(H,15,16,18)/t7-/m0/s1. The van der Waals surface area contributed by atoms with Crippen molar-refractivity contribution >= 4 is 46.3 Å². The number of carbonyl (C=O) groups is 1. The number of rotatable bonds is 4. The molecule has 9 heteroatoms. The normalized spacial score (nSPS) is 12.5. The second-order valence-corrected chi connectivity index (χ2v) is 6.41. The highest BCUT2D eigenvalue weighted by molar-refractivity contribution is 8.00. The third kappa shape index (κ3) is 3.23. The Hall–Kier alpha value is -2.06. The number of aromatic nitrogens is 4. The van der Waals surface area contributed by atoms with Crippen molar-refractivity contribution in [3.63, 3.8) is 0 Å². The summed E-state index contributed by atoms with van der Waals surface area (Å²) in [4.78, 5) is 23.6. The lowest BCUT2D eigenvalue weighted by molar-refractivity contribution is -0.115. The minimum absolute atomic E-state index is 0.201. The topological polar surface area (TPSA) is 96.7 Å². The maximum atomic E-state index is 12.1. The lowest BCUT2D eigenvalue weighted by Gasteiger charge is -2.07. The summed E-state index contributed by atoms with van der Waals surface area (Å²) in [6, 6.07) is 3.39. The van der Waals surface area contributed by atoms with Gasteiger partial charge in [0, 0.05) is 12.3 Å². The number of pyridine rings is 1. The number of carbonyl (C=O) groups excluding carboxylic acids is 1. The molecule has 0 aliphatic rings. The molecule has 0 radical (unpaired) electrons. The van der Waals surface area contributed by atoms with E-state index in [-0.39, 0.29) is 11.2 Å². The molecule has 0 aromatic carbocycles. The highest BCUT2D eigenvalue weighted by atomic mass is 35.5. The maximum Gasteiger partial charge on any atom is 0.240 e. The fourth-order valence-corrected chi connectivity index (χ4v) is 2.74. The summed E-state index contributed by atoms with van der Waals surface area (Å²) >= 11 is 7.16. The number of H-pyrrole nitrogens is 1. The van der Waals surface area contributed by atoms with Gasteiger partial charge in [-0.3, -0.25) is 10.1 Å². The molecule has 3 aromatic heterocycles. The van der Waals surface area contributed by atoms with E-state index in [0.29, 0.717) is 27.4 Å². The summed E-state index contributed by atoms with van der Waals surface area (Å²) in [6.07, 6.45) is 1.53. The van der Waals surface area contributed by atoms with Crippen molar-refractivity contribution in [1.29, 1.82) is 0 Å². The molecular weight excluding hydrogens is 326 g/mol. The van der Waals surface area contributed by atoms with E-state index in [4.69, 9.17) is 16.1 Å². The first-order chi connectivity index (χ1) is 10.5. The van der Waals surface area contributed by atoms with Crippen LogP contribution >= 0.6 is 23.4 Å². The van der Waals surface area contributed by atoms with Gasteiger partial charge in [-0.2, -0.15) is 0 Å². The van der Waals surface area contributed by atoms with Crippen LogP contribution in [0.3, 0.4) is 0 Å². The molecule has 1 atom stereocenters. The van der Waals surface area contributed by atoms with Crippen molar-refractivity contribution in [2.75, 3.05) is 5.32 Å². The minimum Gasteiger partial charge on any atom is -0.338 e. The Morgan fingerprint density at radius 3 is 3.05 bits per heavy atom. The maximum absolute atomic E-state index is 12.1. The number of nitrogens with one attached hydrogen (secondary N) is 2. The lowest BCUT2D eigenvalue weighted by Crippen LogP contribution is -2.22. The van der Waals surface area contributed by atoms with Crippen molar-refractivity contribution < 1.29 is 9.32 Å². The molecule has 114 valence electrons. The van der Waals surface area contributed by atoms with Gasteiger partial charge in [0.25, 0.3) is 0 Å².